The van der Waals surface area contributed by atoms with Crippen molar-refractivity contribution in [2.45, 2.75) is 13.3 Å². The van der Waals surface area contributed by atoms with Gasteiger partial charge in [0.1, 0.15) is 11.0 Å². The Morgan fingerprint density at radius 2 is 2.11 bits per heavy atom. The van der Waals surface area contributed by atoms with Gasteiger partial charge in [0, 0.05) is 5.69 Å². The summed E-state index contributed by atoms with van der Waals surface area (Å²) < 4.78 is 0. The number of benzene rings is 1. The van der Waals surface area contributed by atoms with Gasteiger partial charge < -0.3 is 10.4 Å². The first-order valence-corrected chi connectivity index (χ1v) is 6.23. The van der Waals surface area contributed by atoms with Crippen molar-refractivity contribution in [1.29, 1.82) is 0 Å². The Labute approximate surface area is 116 Å². The minimum Gasteiger partial charge on any atom is -0.478 e. The van der Waals surface area contributed by atoms with Gasteiger partial charge in [-0.05, 0) is 30.2 Å². The van der Waals surface area contributed by atoms with Gasteiger partial charge in [0.2, 0.25) is 0 Å². The molecule has 0 aliphatic carbocycles. The molecule has 2 N–H and O–H groups in total. The number of para-hydroxylation sites is 1. The number of aromatic nitrogens is 1. The maximum Gasteiger partial charge on any atom is 0.335 e. The number of aryl methyl sites for hydroxylation is 1. The SMILES string of the molecule is CCc1ccccc1Nc1cc(C(=O)O)cc(Cl)n1. The third kappa shape index (κ3) is 3.23. The van der Waals surface area contributed by atoms with Gasteiger partial charge in [-0.1, -0.05) is 36.7 Å². The lowest BCUT2D eigenvalue weighted by molar-refractivity contribution is 0.0697. The van der Waals surface area contributed by atoms with Crippen molar-refractivity contribution in [3.8, 4) is 0 Å². The van der Waals surface area contributed by atoms with Gasteiger partial charge in [-0.15, -0.1) is 0 Å². The van der Waals surface area contributed by atoms with Crippen LogP contribution in [0, 0.1) is 0 Å². The second kappa shape index (κ2) is 5.71. The molecule has 0 aliphatic heterocycles. The van der Waals surface area contributed by atoms with Crippen LogP contribution in [0.15, 0.2) is 36.4 Å². The van der Waals surface area contributed by atoms with Crippen molar-refractivity contribution in [2.24, 2.45) is 0 Å². The molecule has 0 radical (unpaired) electrons. The summed E-state index contributed by atoms with van der Waals surface area (Å²) in [7, 11) is 0. The average molecular weight is 277 g/mol. The number of carboxylic acid groups (broad SMARTS) is 1. The summed E-state index contributed by atoms with van der Waals surface area (Å²) in [5.74, 6) is -0.609. The van der Waals surface area contributed by atoms with Crippen LogP contribution in [0.4, 0.5) is 11.5 Å². The number of aromatic carboxylic acids is 1. The van der Waals surface area contributed by atoms with Crippen LogP contribution in [0.5, 0.6) is 0 Å². The highest BCUT2D eigenvalue weighted by Gasteiger charge is 2.08. The van der Waals surface area contributed by atoms with Crippen molar-refractivity contribution >= 4 is 29.1 Å². The lowest BCUT2D eigenvalue weighted by Crippen LogP contribution is -2.02. The molecule has 5 heteroatoms. The van der Waals surface area contributed by atoms with E-state index in [9.17, 15) is 4.79 Å². The van der Waals surface area contributed by atoms with Gasteiger partial charge in [0.05, 0.1) is 5.56 Å². The molecule has 0 bridgehead atoms. The van der Waals surface area contributed by atoms with Crippen LogP contribution >= 0.6 is 11.6 Å². The highest BCUT2D eigenvalue weighted by molar-refractivity contribution is 6.29. The molecule has 1 aromatic carbocycles. The van der Waals surface area contributed by atoms with Gasteiger partial charge in [-0.2, -0.15) is 0 Å². The number of nitrogens with zero attached hydrogens (tertiary/aromatic N) is 1. The maximum absolute atomic E-state index is 11.0. The normalized spacial score (nSPS) is 10.2. The van der Waals surface area contributed by atoms with Crippen LogP contribution in [0.2, 0.25) is 5.15 Å². The zero-order valence-electron chi connectivity index (χ0n) is 10.4. The largest absolute Gasteiger partial charge is 0.478 e. The minimum atomic E-state index is -1.03. The number of hydrogen-bond acceptors (Lipinski definition) is 3. The maximum atomic E-state index is 11.0. The molecule has 0 saturated carbocycles. The van der Waals surface area contributed by atoms with Gasteiger partial charge in [0.25, 0.3) is 0 Å². The third-order valence-corrected chi connectivity index (χ3v) is 2.90. The fourth-order valence-electron chi connectivity index (χ4n) is 1.77. The molecule has 98 valence electrons. The summed E-state index contributed by atoms with van der Waals surface area (Å²) in [6, 6.07) is 10.6. The summed E-state index contributed by atoms with van der Waals surface area (Å²) >= 11 is 5.82. The number of nitrogens with one attached hydrogen (secondary N) is 1. The van der Waals surface area contributed by atoms with E-state index in [0.717, 1.165) is 17.7 Å². The Bertz CT molecular complexity index is 614. The highest BCUT2D eigenvalue weighted by atomic mass is 35.5. The molecule has 1 aromatic heterocycles. The van der Waals surface area contributed by atoms with E-state index in [4.69, 9.17) is 16.7 Å². The molecule has 0 aliphatic rings. The standard InChI is InChI=1S/C14H13ClN2O2/c1-2-9-5-3-4-6-11(9)16-13-8-10(14(18)19)7-12(15)17-13/h3-8H,2H2,1H3,(H,16,17)(H,18,19). The molecule has 2 rings (SSSR count). The van der Waals surface area contributed by atoms with Crippen LogP contribution in [0.3, 0.4) is 0 Å². The summed E-state index contributed by atoms with van der Waals surface area (Å²) in [5, 5.41) is 12.2. The van der Waals surface area contributed by atoms with E-state index in [1.165, 1.54) is 12.1 Å². The van der Waals surface area contributed by atoms with Crippen LogP contribution in [0.25, 0.3) is 0 Å². The van der Waals surface area contributed by atoms with E-state index in [0.29, 0.717) is 5.82 Å². The first-order chi connectivity index (χ1) is 9.10. The Morgan fingerprint density at radius 3 is 2.79 bits per heavy atom. The Morgan fingerprint density at radius 1 is 1.37 bits per heavy atom. The van der Waals surface area contributed by atoms with E-state index in [-0.39, 0.29) is 10.7 Å². The molecule has 0 amide bonds. The number of pyridine rings is 1. The fourth-order valence-corrected chi connectivity index (χ4v) is 1.98. The molecule has 1 heterocycles. The summed E-state index contributed by atoms with van der Waals surface area (Å²) in [5.41, 5.74) is 2.13. The zero-order valence-corrected chi connectivity index (χ0v) is 11.1. The van der Waals surface area contributed by atoms with Crippen molar-refractivity contribution < 1.29 is 9.90 Å². The number of hydrogen-bond donors (Lipinski definition) is 2. The predicted octanol–water partition coefficient (Wildman–Crippen LogP) is 3.74. The molecule has 4 nitrogen and oxygen atoms in total. The topological polar surface area (TPSA) is 62.2 Å². The van der Waals surface area contributed by atoms with Crippen molar-refractivity contribution in [3.63, 3.8) is 0 Å². The molecule has 0 spiro atoms. The highest BCUT2D eigenvalue weighted by Crippen LogP contribution is 2.22. The van der Waals surface area contributed by atoms with E-state index in [2.05, 4.69) is 17.2 Å². The van der Waals surface area contributed by atoms with E-state index in [1.807, 2.05) is 24.3 Å². The minimum absolute atomic E-state index is 0.108. The molecule has 19 heavy (non-hydrogen) atoms. The summed E-state index contributed by atoms with van der Waals surface area (Å²) in [6.07, 6.45) is 0.871. The van der Waals surface area contributed by atoms with Crippen molar-refractivity contribution in [1.82, 2.24) is 4.98 Å². The monoisotopic (exact) mass is 276 g/mol. The first kappa shape index (κ1) is 13.4. The molecule has 0 saturated heterocycles. The summed E-state index contributed by atoms with van der Waals surface area (Å²) in [4.78, 5) is 15.0. The first-order valence-electron chi connectivity index (χ1n) is 5.86. The van der Waals surface area contributed by atoms with Crippen LogP contribution in [-0.2, 0) is 6.42 Å². The third-order valence-electron chi connectivity index (χ3n) is 2.70. The van der Waals surface area contributed by atoms with Crippen molar-refractivity contribution in [2.75, 3.05) is 5.32 Å². The number of rotatable bonds is 4. The number of carboxylic acids is 1. The molecule has 0 unspecified atom stereocenters. The van der Waals surface area contributed by atoms with E-state index < -0.39 is 5.97 Å². The number of carbonyl (C=O) groups is 1. The molecular weight excluding hydrogens is 264 g/mol. The predicted molar refractivity (Wildman–Crippen MR) is 75.3 cm³/mol. The van der Waals surface area contributed by atoms with Gasteiger partial charge >= 0.3 is 5.97 Å². The number of anilines is 2. The smallest absolute Gasteiger partial charge is 0.335 e. The fraction of sp³-hybridized carbons (Fsp3) is 0.143. The van der Waals surface area contributed by atoms with Gasteiger partial charge in [0.15, 0.2) is 0 Å². The van der Waals surface area contributed by atoms with E-state index >= 15 is 0 Å². The average Bonchev–Trinajstić information content (AvgIpc) is 2.38. The quantitative estimate of drug-likeness (QED) is 0.835. The zero-order chi connectivity index (χ0) is 13.8. The lowest BCUT2D eigenvalue weighted by atomic mass is 10.1. The summed E-state index contributed by atoms with van der Waals surface area (Å²) in [6.45, 7) is 2.05. The van der Waals surface area contributed by atoms with Crippen LogP contribution < -0.4 is 5.32 Å². The molecule has 2 aromatic rings. The van der Waals surface area contributed by atoms with E-state index in [1.54, 1.807) is 0 Å². The van der Waals surface area contributed by atoms with Crippen LogP contribution in [-0.4, -0.2) is 16.1 Å². The molecule has 0 atom stereocenters. The second-order valence-electron chi connectivity index (χ2n) is 4.00. The molecular formula is C14H13ClN2O2. The Hall–Kier alpha value is -2.07. The Balaban J connectivity index is 2.35. The Kier molecular flexibility index (Phi) is 4.02. The van der Waals surface area contributed by atoms with Crippen molar-refractivity contribution in [3.05, 3.63) is 52.7 Å². The lowest BCUT2D eigenvalue weighted by Gasteiger charge is -2.10. The second-order valence-corrected chi connectivity index (χ2v) is 4.39. The van der Waals surface area contributed by atoms with Gasteiger partial charge in [-0.3, -0.25) is 0 Å². The van der Waals surface area contributed by atoms with Gasteiger partial charge in [-0.25, -0.2) is 9.78 Å². The molecule has 0 fully saturated rings. The number of halogens is 1. The van der Waals surface area contributed by atoms with Crippen LogP contribution in [0.1, 0.15) is 22.8 Å².